The lowest BCUT2D eigenvalue weighted by Gasteiger charge is -2.33. The Kier molecular flexibility index (Phi) is 5.94. The van der Waals surface area contributed by atoms with Crippen LogP contribution in [0.3, 0.4) is 0 Å². The molecule has 2 aromatic carbocycles. The van der Waals surface area contributed by atoms with E-state index in [2.05, 4.69) is 59.1 Å². The van der Waals surface area contributed by atoms with Gasteiger partial charge in [-0.3, -0.25) is 4.79 Å². The predicted octanol–water partition coefficient (Wildman–Crippen LogP) is 3.95. The number of carbonyl (C=O) groups excluding carboxylic acids is 1. The maximum atomic E-state index is 13.3. The van der Waals surface area contributed by atoms with Crippen molar-refractivity contribution in [2.75, 3.05) is 17.9 Å². The fraction of sp³-hybridized carbons (Fsp3) is 0.318. The standard InChI is InChI=1S/C22H25N5O2S/c1-4-7-18-24-25-22-27(18)26-19(15-12-10-14(2)11-13-15)20(30-22)21(28)23-16-8-5-6-9-17(16)29-3/h5-6,8-13,19-20,26H,4,7H2,1-3H3,(H,23,28)/t19-,20-/m1/s1. The zero-order valence-corrected chi connectivity index (χ0v) is 18.1. The lowest BCUT2D eigenvalue weighted by atomic mass is 10.0. The summed E-state index contributed by atoms with van der Waals surface area (Å²) < 4.78 is 7.30. The van der Waals surface area contributed by atoms with Gasteiger partial charge in [0.05, 0.1) is 18.8 Å². The van der Waals surface area contributed by atoms with Gasteiger partial charge in [-0.15, -0.1) is 10.2 Å². The highest BCUT2D eigenvalue weighted by Gasteiger charge is 2.38. The Bertz CT molecular complexity index is 1030. The second-order valence-corrected chi connectivity index (χ2v) is 8.34. The molecule has 0 radical (unpaired) electrons. The maximum absolute atomic E-state index is 13.3. The molecule has 2 heterocycles. The first-order valence-corrected chi connectivity index (χ1v) is 10.9. The Morgan fingerprint density at radius 1 is 1.20 bits per heavy atom. The van der Waals surface area contributed by atoms with Gasteiger partial charge in [0.2, 0.25) is 11.1 Å². The van der Waals surface area contributed by atoms with E-state index in [0.717, 1.165) is 24.2 Å². The number of para-hydroxylation sites is 2. The summed E-state index contributed by atoms with van der Waals surface area (Å²) in [5.74, 6) is 1.38. The Morgan fingerprint density at radius 2 is 1.97 bits per heavy atom. The summed E-state index contributed by atoms with van der Waals surface area (Å²) >= 11 is 1.43. The Hall–Kier alpha value is -3.00. The highest BCUT2D eigenvalue weighted by Crippen LogP contribution is 2.38. The Labute approximate surface area is 180 Å². The normalized spacial score (nSPS) is 17.7. The number of amides is 1. The number of hydrogen-bond acceptors (Lipinski definition) is 6. The fourth-order valence-electron chi connectivity index (χ4n) is 3.46. The van der Waals surface area contributed by atoms with Gasteiger partial charge in [0.25, 0.3) is 0 Å². The molecular formula is C22H25N5O2S. The summed E-state index contributed by atoms with van der Waals surface area (Å²) in [6.07, 6.45) is 1.79. The molecule has 0 aliphatic carbocycles. The molecule has 8 heteroatoms. The molecule has 0 spiro atoms. The highest BCUT2D eigenvalue weighted by atomic mass is 32.2. The molecule has 0 saturated heterocycles. The van der Waals surface area contributed by atoms with E-state index in [9.17, 15) is 4.79 Å². The number of nitrogens with zero attached hydrogens (tertiary/aromatic N) is 3. The summed E-state index contributed by atoms with van der Waals surface area (Å²) in [6.45, 7) is 4.16. The van der Waals surface area contributed by atoms with Gasteiger partial charge in [-0.25, -0.2) is 4.68 Å². The van der Waals surface area contributed by atoms with E-state index < -0.39 is 5.25 Å². The van der Waals surface area contributed by atoms with Crippen LogP contribution >= 0.6 is 11.8 Å². The number of carbonyl (C=O) groups is 1. The molecule has 1 aromatic heterocycles. The van der Waals surface area contributed by atoms with Crippen LogP contribution in [0.25, 0.3) is 0 Å². The smallest absolute Gasteiger partial charge is 0.240 e. The molecule has 0 bridgehead atoms. The van der Waals surface area contributed by atoms with Crippen LogP contribution in [0.5, 0.6) is 5.75 Å². The van der Waals surface area contributed by atoms with Crippen LogP contribution in [-0.2, 0) is 11.2 Å². The molecule has 0 unspecified atom stereocenters. The molecule has 4 rings (SSSR count). The minimum Gasteiger partial charge on any atom is -0.495 e. The maximum Gasteiger partial charge on any atom is 0.240 e. The second kappa shape index (κ2) is 8.79. The lowest BCUT2D eigenvalue weighted by molar-refractivity contribution is -0.116. The molecule has 3 aromatic rings. The van der Waals surface area contributed by atoms with E-state index in [-0.39, 0.29) is 11.9 Å². The van der Waals surface area contributed by atoms with Crippen LogP contribution in [0.2, 0.25) is 0 Å². The third kappa shape index (κ3) is 4.00. The molecule has 1 aliphatic heterocycles. The van der Waals surface area contributed by atoms with Crippen molar-refractivity contribution in [2.24, 2.45) is 0 Å². The van der Waals surface area contributed by atoms with Crippen LogP contribution in [0.4, 0.5) is 5.69 Å². The summed E-state index contributed by atoms with van der Waals surface area (Å²) in [5, 5.41) is 11.9. The van der Waals surface area contributed by atoms with Crippen molar-refractivity contribution in [1.29, 1.82) is 0 Å². The first-order valence-electron chi connectivity index (χ1n) is 9.98. The molecule has 0 saturated carbocycles. The van der Waals surface area contributed by atoms with Crippen LogP contribution in [0.15, 0.2) is 53.7 Å². The van der Waals surface area contributed by atoms with Crippen LogP contribution < -0.4 is 15.5 Å². The number of rotatable bonds is 6. The first kappa shape index (κ1) is 20.3. The minimum atomic E-state index is -0.427. The number of benzene rings is 2. The quantitative estimate of drug-likeness (QED) is 0.625. The second-order valence-electron chi connectivity index (χ2n) is 7.23. The van der Waals surface area contributed by atoms with Crippen molar-refractivity contribution >= 4 is 23.4 Å². The molecule has 156 valence electrons. The molecule has 2 N–H and O–H groups in total. The largest absolute Gasteiger partial charge is 0.495 e. The molecular weight excluding hydrogens is 398 g/mol. The number of aryl methyl sites for hydroxylation is 2. The van der Waals surface area contributed by atoms with Gasteiger partial charge in [-0.2, -0.15) is 0 Å². The average Bonchev–Trinajstić information content (AvgIpc) is 3.16. The number of hydrogen-bond donors (Lipinski definition) is 2. The van der Waals surface area contributed by atoms with Gasteiger partial charge in [-0.1, -0.05) is 60.6 Å². The molecule has 30 heavy (non-hydrogen) atoms. The number of ether oxygens (including phenoxy) is 1. The zero-order valence-electron chi connectivity index (χ0n) is 17.3. The highest BCUT2D eigenvalue weighted by molar-refractivity contribution is 8.00. The van der Waals surface area contributed by atoms with E-state index in [0.29, 0.717) is 16.6 Å². The van der Waals surface area contributed by atoms with Crippen LogP contribution in [0.1, 0.15) is 36.3 Å². The van der Waals surface area contributed by atoms with E-state index in [1.807, 2.05) is 28.9 Å². The van der Waals surface area contributed by atoms with Gasteiger partial charge in [0.15, 0.2) is 5.82 Å². The summed E-state index contributed by atoms with van der Waals surface area (Å²) in [6, 6.07) is 15.4. The number of thioether (sulfide) groups is 1. The van der Waals surface area contributed by atoms with Crippen LogP contribution in [-0.4, -0.2) is 33.1 Å². The van der Waals surface area contributed by atoms with Crippen molar-refractivity contribution in [3.8, 4) is 5.75 Å². The predicted molar refractivity (Wildman–Crippen MR) is 119 cm³/mol. The summed E-state index contributed by atoms with van der Waals surface area (Å²) in [5.41, 5.74) is 6.35. The summed E-state index contributed by atoms with van der Waals surface area (Å²) in [7, 11) is 1.59. The Balaban J connectivity index is 1.67. The molecule has 1 amide bonds. The van der Waals surface area contributed by atoms with Gasteiger partial charge < -0.3 is 15.5 Å². The third-order valence-corrected chi connectivity index (χ3v) is 6.25. The molecule has 2 atom stereocenters. The van der Waals surface area contributed by atoms with Crippen molar-refractivity contribution in [3.05, 3.63) is 65.5 Å². The van der Waals surface area contributed by atoms with Crippen molar-refractivity contribution in [3.63, 3.8) is 0 Å². The van der Waals surface area contributed by atoms with Crippen LogP contribution in [0, 0.1) is 6.92 Å². The van der Waals surface area contributed by atoms with Crippen molar-refractivity contribution in [1.82, 2.24) is 14.9 Å². The van der Waals surface area contributed by atoms with Crippen molar-refractivity contribution in [2.45, 2.75) is 43.1 Å². The number of methoxy groups -OCH3 is 1. The van der Waals surface area contributed by atoms with Gasteiger partial charge in [-0.05, 0) is 31.0 Å². The van der Waals surface area contributed by atoms with E-state index in [1.165, 1.54) is 17.3 Å². The van der Waals surface area contributed by atoms with E-state index in [4.69, 9.17) is 4.74 Å². The SMILES string of the molecule is CCCc1nnc2n1N[C@H](c1ccc(C)cc1)[C@H](C(=O)Nc1ccccc1OC)S2. The number of anilines is 1. The van der Waals surface area contributed by atoms with E-state index >= 15 is 0 Å². The number of fused-ring (bicyclic) bond motifs is 1. The van der Waals surface area contributed by atoms with E-state index in [1.54, 1.807) is 7.11 Å². The molecule has 7 nitrogen and oxygen atoms in total. The van der Waals surface area contributed by atoms with Gasteiger partial charge in [0, 0.05) is 6.42 Å². The minimum absolute atomic E-state index is 0.117. The van der Waals surface area contributed by atoms with Crippen molar-refractivity contribution < 1.29 is 9.53 Å². The summed E-state index contributed by atoms with van der Waals surface area (Å²) in [4.78, 5) is 13.3. The monoisotopic (exact) mass is 423 g/mol. The third-order valence-electron chi connectivity index (χ3n) is 5.04. The van der Waals surface area contributed by atoms with Gasteiger partial charge in [0.1, 0.15) is 11.0 Å². The average molecular weight is 424 g/mol. The van der Waals surface area contributed by atoms with Gasteiger partial charge >= 0.3 is 0 Å². The zero-order chi connectivity index (χ0) is 21.1. The fourth-order valence-corrected chi connectivity index (χ4v) is 4.56. The topological polar surface area (TPSA) is 81.1 Å². The molecule has 0 fully saturated rings. The molecule has 1 aliphatic rings. The number of aromatic nitrogens is 3. The first-order chi connectivity index (χ1) is 14.6. The Morgan fingerprint density at radius 3 is 2.70 bits per heavy atom. The lowest BCUT2D eigenvalue weighted by Crippen LogP contribution is -2.41. The number of nitrogens with one attached hydrogen (secondary N) is 2.